The summed E-state index contributed by atoms with van der Waals surface area (Å²) in [6.45, 7) is 3.12. The number of aryl methyl sites for hydroxylation is 1. The minimum Gasteiger partial charge on any atom is -0.392 e. The lowest BCUT2D eigenvalue weighted by Crippen LogP contribution is -2.48. The highest BCUT2D eigenvalue weighted by Gasteiger charge is 2.62. The highest BCUT2D eigenvalue weighted by molar-refractivity contribution is 9.10. The monoisotopic (exact) mass is 337 g/mol. The van der Waals surface area contributed by atoms with Crippen LogP contribution < -0.4 is 5.73 Å². The van der Waals surface area contributed by atoms with Crippen LogP contribution in [-0.2, 0) is 5.54 Å². The first-order valence-electron chi connectivity index (χ1n) is 5.92. The minimum atomic E-state index is -2.96. The van der Waals surface area contributed by atoms with Crippen LogP contribution in [0.5, 0.6) is 0 Å². The lowest BCUT2D eigenvalue weighted by atomic mass is 9.84. The summed E-state index contributed by atoms with van der Waals surface area (Å²) in [5.74, 6) is -1.94. The summed E-state index contributed by atoms with van der Waals surface area (Å²) < 4.78 is 41.5. The van der Waals surface area contributed by atoms with E-state index in [1.165, 1.54) is 19.1 Å². The predicted molar refractivity (Wildman–Crippen MR) is 69.4 cm³/mol. The highest BCUT2D eigenvalue weighted by Crippen LogP contribution is 2.53. The fraction of sp³-hybridized carbons (Fsp3) is 0.538. The maximum atomic E-state index is 14.2. The van der Waals surface area contributed by atoms with E-state index >= 15 is 0 Å². The Balaban J connectivity index is 2.58. The summed E-state index contributed by atoms with van der Waals surface area (Å²) in [6, 6.07) is 2.77. The molecule has 4 atom stereocenters. The fourth-order valence-electron chi connectivity index (χ4n) is 2.64. The molecule has 19 heavy (non-hydrogen) atoms. The van der Waals surface area contributed by atoms with Gasteiger partial charge in [0.25, 0.3) is 6.43 Å². The third kappa shape index (κ3) is 2.19. The van der Waals surface area contributed by atoms with E-state index in [-0.39, 0.29) is 17.0 Å². The van der Waals surface area contributed by atoms with Gasteiger partial charge in [0, 0.05) is 16.0 Å². The molecule has 0 aliphatic heterocycles. The lowest BCUT2D eigenvalue weighted by Gasteiger charge is -2.30. The van der Waals surface area contributed by atoms with Crippen molar-refractivity contribution in [1.29, 1.82) is 0 Å². The highest BCUT2D eigenvalue weighted by atomic mass is 79.9. The van der Waals surface area contributed by atoms with Crippen molar-refractivity contribution in [2.24, 2.45) is 17.6 Å². The van der Waals surface area contributed by atoms with Crippen LogP contribution in [0.15, 0.2) is 16.6 Å². The number of hydrogen-bond donors (Lipinski definition) is 2. The molecule has 1 aromatic carbocycles. The maximum Gasteiger partial charge on any atom is 0.260 e. The molecule has 1 saturated carbocycles. The molecule has 0 heterocycles. The number of aliphatic hydroxyl groups is 1. The Hall–Kier alpha value is -0.590. The average molecular weight is 338 g/mol. The molecule has 0 spiro atoms. The first-order chi connectivity index (χ1) is 8.71. The Labute approximate surface area is 117 Å². The van der Waals surface area contributed by atoms with Crippen LogP contribution in [0.3, 0.4) is 0 Å². The molecule has 0 saturated heterocycles. The van der Waals surface area contributed by atoms with Crippen molar-refractivity contribution in [2.45, 2.75) is 31.9 Å². The van der Waals surface area contributed by atoms with Gasteiger partial charge >= 0.3 is 0 Å². The smallest absolute Gasteiger partial charge is 0.260 e. The molecule has 0 amide bonds. The topological polar surface area (TPSA) is 46.2 Å². The standard InChI is InChI=1S/C13H15BrF3NO/c1-5-3-7(14)4-8(10(5)15)13(18,12(16)17)9-6(2)11(9)19/h3-4,6,9,11-12,19H,18H2,1-2H3. The van der Waals surface area contributed by atoms with Gasteiger partial charge in [-0.15, -0.1) is 0 Å². The Bertz CT molecular complexity index is 503. The lowest BCUT2D eigenvalue weighted by molar-refractivity contribution is 0.0248. The van der Waals surface area contributed by atoms with Crippen molar-refractivity contribution in [3.8, 4) is 0 Å². The van der Waals surface area contributed by atoms with Crippen molar-refractivity contribution in [2.75, 3.05) is 0 Å². The third-order valence-corrected chi connectivity index (χ3v) is 4.39. The van der Waals surface area contributed by atoms with E-state index in [4.69, 9.17) is 5.73 Å². The molecule has 1 fully saturated rings. The molecule has 0 aromatic heterocycles. The summed E-state index contributed by atoms with van der Waals surface area (Å²) in [4.78, 5) is 0. The number of hydrogen-bond acceptors (Lipinski definition) is 2. The zero-order chi connectivity index (χ0) is 14.5. The predicted octanol–water partition coefficient (Wildman–Crippen LogP) is 2.94. The van der Waals surface area contributed by atoms with Crippen LogP contribution in [0.25, 0.3) is 0 Å². The van der Waals surface area contributed by atoms with Gasteiger partial charge in [-0.05, 0) is 30.5 Å². The normalized spacial score (nSPS) is 29.4. The Morgan fingerprint density at radius 2 is 1.95 bits per heavy atom. The molecule has 2 rings (SSSR count). The van der Waals surface area contributed by atoms with E-state index in [2.05, 4.69) is 15.9 Å². The molecule has 1 aromatic rings. The van der Waals surface area contributed by atoms with Crippen LogP contribution in [0.2, 0.25) is 0 Å². The zero-order valence-corrected chi connectivity index (χ0v) is 12.1. The Morgan fingerprint density at radius 1 is 1.42 bits per heavy atom. The molecule has 1 aliphatic rings. The molecule has 6 heteroatoms. The molecular formula is C13H15BrF3NO. The zero-order valence-electron chi connectivity index (χ0n) is 10.5. The molecular weight excluding hydrogens is 323 g/mol. The van der Waals surface area contributed by atoms with Gasteiger partial charge in [-0.3, -0.25) is 0 Å². The van der Waals surface area contributed by atoms with Crippen LogP contribution in [0.1, 0.15) is 18.1 Å². The van der Waals surface area contributed by atoms with Gasteiger partial charge < -0.3 is 10.8 Å². The number of halogens is 4. The van der Waals surface area contributed by atoms with Crippen molar-refractivity contribution >= 4 is 15.9 Å². The van der Waals surface area contributed by atoms with Gasteiger partial charge in [0.2, 0.25) is 0 Å². The molecule has 1 aliphatic carbocycles. The van der Waals surface area contributed by atoms with Crippen LogP contribution in [0.4, 0.5) is 13.2 Å². The van der Waals surface area contributed by atoms with E-state index < -0.39 is 29.8 Å². The van der Waals surface area contributed by atoms with Crippen molar-refractivity contribution in [3.63, 3.8) is 0 Å². The number of alkyl halides is 2. The van der Waals surface area contributed by atoms with Crippen molar-refractivity contribution < 1.29 is 18.3 Å². The molecule has 4 unspecified atom stereocenters. The summed E-state index contributed by atoms with van der Waals surface area (Å²) in [7, 11) is 0. The summed E-state index contributed by atoms with van der Waals surface area (Å²) in [5, 5.41) is 9.62. The first-order valence-corrected chi connectivity index (χ1v) is 6.71. The first kappa shape index (κ1) is 14.8. The molecule has 3 N–H and O–H groups in total. The maximum absolute atomic E-state index is 14.2. The Morgan fingerprint density at radius 3 is 2.37 bits per heavy atom. The van der Waals surface area contributed by atoms with Gasteiger partial charge in [-0.1, -0.05) is 22.9 Å². The minimum absolute atomic E-state index is 0.239. The fourth-order valence-corrected chi connectivity index (χ4v) is 3.21. The molecule has 2 nitrogen and oxygen atoms in total. The summed E-state index contributed by atoms with van der Waals surface area (Å²) in [5.41, 5.74) is 3.64. The summed E-state index contributed by atoms with van der Waals surface area (Å²) >= 11 is 3.16. The number of rotatable bonds is 3. The Kier molecular flexibility index (Phi) is 3.70. The third-order valence-electron chi connectivity index (χ3n) is 3.93. The van der Waals surface area contributed by atoms with Crippen LogP contribution >= 0.6 is 15.9 Å². The van der Waals surface area contributed by atoms with Crippen LogP contribution in [-0.4, -0.2) is 17.6 Å². The second kappa shape index (κ2) is 4.75. The van der Waals surface area contributed by atoms with E-state index in [9.17, 15) is 18.3 Å². The molecule has 0 bridgehead atoms. The largest absolute Gasteiger partial charge is 0.392 e. The van der Waals surface area contributed by atoms with Gasteiger partial charge in [-0.2, -0.15) is 0 Å². The van der Waals surface area contributed by atoms with Gasteiger partial charge in [0.1, 0.15) is 11.4 Å². The second-order valence-corrected chi connectivity index (χ2v) is 6.11. The van der Waals surface area contributed by atoms with Crippen molar-refractivity contribution in [3.05, 3.63) is 33.5 Å². The van der Waals surface area contributed by atoms with E-state index in [1.807, 2.05) is 0 Å². The quantitative estimate of drug-likeness (QED) is 0.890. The van der Waals surface area contributed by atoms with E-state index in [0.717, 1.165) is 0 Å². The molecule has 106 valence electrons. The SMILES string of the molecule is Cc1cc(Br)cc(C(N)(C(F)F)C2C(C)C2O)c1F. The molecule has 0 radical (unpaired) electrons. The number of aliphatic hydroxyl groups excluding tert-OH is 1. The van der Waals surface area contributed by atoms with Crippen LogP contribution in [0, 0.1) is 24.6 Å². The average Bonchev–Trinajstić information content (AvgIpc) is 2.91. The summed E-state index contributed by atoms with van der Waals surface area (Å²) in [6.07, 6.45) is -3.88. The number of benzene rings is 1. The van der Waals surface area contributed by atoms with Gasteiger partial charge in [0.05, 0.1) is 6.10 Å². The van der Waals surface area contributed by atoms with Crippen molar-refractivity contribution in [1.82, 2.24) is 0 Å². The van der Waals surface area contributed by atoms with E-state index in [0.29, 0.717) is 4.47 Å². The van der Waals surface area contributed by atoms with E-state index in [1.54, 1.807) is 6.92 Å². The van der Waals surface area contributed by atoms with Gasteiger partial charge in [0.15, 0.2) is 0 Å². The van der Waals surface area contributed by atoms with Gasteiger partial charge in [-0.25, -0.2) is 13.2 Å². The number of nitrogens with two attached hydrogens (primary N) is 1. The second-order valence-electron chi connectivity index (χ2n) is 5.19.